The van der Waals surface area contributed by atoms with E-state index in [9.17, 15) is 4.79 Å². The van der Waals surface area contributed by atoms with Crippen molar-refractivity contribution < 1.29 is 0 Å². The van der Waals surface area contributed by atoms with Gasteiger partial charge < -0.3 is 0 Å². The van der Waals surface area contributed by atoms with Crippen molar-refractivity contribution in [3.05, 3.63) is 46.4 Å². The van der Waals surface area contributed by atoms with Gasteiger partial charge in [0.15, 0.2) is 5.82 Å². The van der Waals surface area contributed by atoms with E-state index in [0.29, 0.717) is 11.5 Å². The van der Waals surface area contributed by atoms with Crippen LogP contribution < -0.4 is 5.56 Å². The molecule has 0 radical (unpaired) electrons. The number of aryl methyl sites for hydroxylation is 1. The highest BCUT2D eigenvalue weighted by Crippen LogP contribution is 2.11. The maximum Gasteiger partial charge on any atom is 0.285 e. The van der Waals surface area contributed by atoms with Crippen molar-refractivity contribution in [1.82, 2.24) is 15.2 Å². The van der Waals surface area contributed by atoms with E-state index in [1.165, 1.54) is 0 Å². The average Bonchev–Trinajstić information content (AvgIpc) is 2.23. The van der Waals surface area contributed by atoms with E-state index >= 15 is 0 Å². The normalized spacial score (nSPS) is 10.1. The maximum atomic E-state index is 11.0. The molecule has 1 aromatic carbocycles. The summed E-state index contributed by atoms with van der Waals surface area (Å²) in [5.41, 5.74) is 1.08. The zero-order valence-corrected chi connectivity index (χ0v) is 7.69. The molecule has 14 heavy (non-hydrogen) atoms. The Morgan fingerprint density at radius 2 is 1.93 bits per heavy atom. The first-order valence-corrected chi connectivity index (χ1v) is 4.26. The topological polar surface area (TPSA) is 58.6 Å². The van der Waals surface area contributed by atoms with Crippen LogP contribution in [0.5, 0.6) is 0 Å². The number of rotatable bonds is 1. The summed E-state index contributed by atoms with van der Waals surface area (Å²) in [5.74, 6) is 0.544. The molecule has 0 aliphatic rings. The number of nitrogens with zero attached hydrogens (tertiary/aromatic N) is 2. The van der Waals surface area contributed by atoms with Gasteiger partial charge in [0.2, 0.25) is 0 Å². The molecule has 70 valence electrons. The van der Waals surface area contributed by atoms with Gasteiger partial charge in [-0.05, 0) is 6.92 Å². The highest BCUT2D eigenvalue weighted by molar-refractivity contribution is 5.53. The Morgan fingerprint density at radius 3 is 2.57 bits per heavy atom. The van der Waals surface area contributed by atoms with Gasteiger partial charge in [0.25, 0.3) is 5.56 Å². The van der Waals surface area contributed by atoms with E-state index in [4.69, 9.17) is 0 Å². The fourth-order valence-corrected chi connectivity index (χ4v) is 1.14. The van der Waals surface area contributed by atoms with Crippen LogP contribution in [0.25, 0.3) is 11.4 Å². The lowest BCUT2D eigenvalue weighted by atomic mass is 10.2. The van der Waals surface area contributed by atoms with Crippen LogP contribution >= 0.6 is 0 Å². The van der Waals surface area contributed by atoms with Crippen LogP contribution in [-0.2, 0) is 0 Å². The third-order valence-electron chi connectivity index (χ3n) is 1.90. The van der Waals surface area contributed by atoms with Crippen molar-refractivity contribution in [1.29, 1.82) is 0 Å². The van der Waals surface area contributed by atoms with Crippen LogP contribution in [-0.4, -0.2) is 15.2 Å². The second kappa shape index (κ2) is 3.41. The first-order chi connectivity index (χ1) is 6.77. The summed E-state index contributed by atoms with van der Waals surface area (Å²) in [6.45, 7) is 1.66. The van der Waals surface area contributed by atoms with E-state index in [-0.39, 0.29) is 5.56 Å². The monoisotopic (exact) mass is 187 g/mol. The number of nitrogens with one attached hydrogen (secondary N) is 1. The van der Waals surface area contributed by atoms with Crippen LogP contribution in [0.3, 0.4) is 0 Å². The molecule has 0 aliphatic heterocycles. The van der Waals surface area contributed by atoms with Gasteiger partial charge in [0, 0.05) is 5.56 Å². The van der Waals surface area contributed by atoms with E-state index in [2.05, 4.69) is 15.2 Å². The average molecular weight is 187 g/mol. The Hall–Kier alpha value is -1.97. The van der Waals surface area contributed by atoms with Crippen LogP contribution in [0.2, 0.25) is 0 Å². The van der Waals surface area contributed by atoms with Crippen molar-refractivity contribution in [2.75, 3.05) is 0 Å². The summed E-state index contributed by atoms with van der Waals surface area (Å²) in [7, 11) is 0. The number of H-pyrrole nitrogens is 1. The Bertz CT molecular complexity index is 490. The van der Waals surface area contributed by atoms with Crippen LogP contribution in [0.15, 0.2) is 35.1 Å². The third-order valence-corrected chi connectivity index (χ3v) is 1.90. The van der Waals surface area contributed by atoms with Crippen molar-refractivity contribution in [3.8, 4) is 11.4 Å². The van der Waals surface area contributed by atoms with E-state index in [1.54, 1.807) is 6.92 Å². The molecule has 4 heteroatoms. The zero-order chi connectivity index (χ0) is 9.97. The van der Waals surface area contributed by atoms with Gasteiger partial charge in [-0.3, -0.25) is 4.79 Å². The molecule has 1 N–H and O–H groups in total. The van der Waals surface area contributed by atoms with Crippen molar-refractivity contribution in [2.24, 2.45) is 0 Å². The minimum absolute atomic E-state index is 0.246. The molecule has 0 fully saturated rings. The lowest BCUT2D eigenvalue weighted by Gasteiger charge is -1.98. The van der Waals surface area contributed by atoms with Crippen LogP contribution in [0, 0.1) is 6.92 Å². The van der Waals surface area contributed by atoms with Gasteiger partial charge in [0.05, 0.1) is 0 Å². The Kier molecular flexibility index (Phi) is 2.10. The molecule has 1 heterocycles. The van der Waals surface area contributed by atoms with Crippen LogP contribution in [0.1, 0.15) is 5.69 Å². The van der Waals surface area contributed by atoms with Gasteiger partial charge >= 0.3 is 0 Å². The minimum atomic E-state index is -0.246. The molecule has 4 nitrogen and oxygen atoms in total. The largest absolute Gasteiger partial charge is 0.285 e. The Labute approximate surface area is 80.6 Å². The molecule has 0 unspecified atom stereocenters. The fourth-order valence-electron chi connectivity index (χ4n) is 1.14. The Morgan fingerprint density at radius 1 is 1.21 bits per heavy atom. The molecule has 0 amide bonds. The van der Waals surface area contributed by atoms with Crippen molar-refractivity contribution in [3.63, 3.8) is 0 Å². The number of aromatic amines is 1. The third kappa shape index (κ3) is 1.54. The molecule has 0 saturated carbocycles. The van der Waals surface area contributed by atoms with E-state index < -0.39 is 0 Å². The van der Waals surface area contributed by atoms with Gasteiger partial charge in [-0.15, -0.1) is 0 Å². The van der Waals surface area contributed by atoms with Crippen LogP contribution in [0.4, 0.5) is 0 Å². The van der Waals surface area contributed by atoms with E-state index in [1.807, 2.05) is 30.3 Å². The molecule has 0 bridgehead atoms. The molecule has 0 saturated heterocycles. The molecule has 2 rings (SSSR count). The maximum absolute atomic E-state index is 11.0. The Balaban J connectivity index is 2.54. The summed E-state index contributed by atoms with van der Waals surface area (Å²) >= 11 is 0. The summed E-state index contributed by atoms with van der Waals surface area (Å²) in [4.78, 5) is 15.1. The number of hydrogen-bond donors (Lipinski definition) is 1. The summed E-state index contributed by atoms with van der Waals surface area (Å²) in [6, 6.07) is 9.51. The number of benzene rings is 1. The van der Waals surface area contributed by atoms with Gasteiger partial charge in [-0.1, -0.05) is 30.3 Å². The lowest BCUT2D eigenvalue weighted by Crippen LogP contribution is -2.14. The minimum Gasteiger partial charge on any atom is -0.266 e. The second-order valence-corrected chi connectivity index (χ2v) is 2.94. The summed E-state index contributed by atoms with van der Waals surface area (Å²) in [5, 5.41) is 6.26. The zero-order valence-electron chi connectivity index (χ0n) is 7.69. The standard InChI is InChI=1S/C10H9N3O/c1-7-10(14)13-12-9(11-7)8-5-3-2-4-6-8/h2-6H,1H3,(H,13,14). The SMILES string of the molecule is Cc1nc(-c2ccccc2)n[nH]c1=O. The highest BCUT2D eigenvalue weighted by Gasteiger charge is 2.02. The van der Waals surface area contributed by atoms with Crippen molar-refractivity contribution >= 4 is 0 Å². The number of aromatic nitrogens is 3. The molecule has 2 aromatic rings. The molecule has 0 aliphatic carbocycles. The highest BCUT2D eigenvalue weighted by atomic mass is 16.1. The predicted molar refractivity (Wildman–Crippen MR) is 52.8 cm³/mol. The van der Waals surface area contributed by atoms with Gasteiger partial charge in [0.1, 0.15) is 5.69 Å². The molecule has 0 atom stereocenters. The quantitative estimate of drug-likeness (QED) is 0.728. The fraction of sp³-hybridized carbons (Fsp3) is 0.100. The predicted octanol–water partition coefficient (Wildman–Crippen LogP) is 1.14. The van der Waals surface area contributed by atoms with Gasteiger partial charge in [-0.2, -0.15) is 5.10 Å². The van der Waals surface area contributed by atoms with E-state index in [0.717, 1.165) is 5.56 Å². The lowest BCUT2D eigenvalue weighted by molar-refractivity contribution is 0.910. The molecule has 0 spiro atoms. The van der Waals surface area contributed by atoms with Crippen molar-refractivity contribution in [2.45, 2.75) is 6.92 Å². The summed E-state index contributed by atoms with van der Waals surface area (Å²) < 4.78 is 0. The number of hydrogen-bond acceptors (Lipinski definition) is 3. The molecular weight excluding hydrogens is 178 g/mol. The smallest absolute Gasteiger partial charge is 0.266 e. The first-order valence-electron chi connectivity index (χ1n) is 4.26. The van der Waals surface area contributed by atoms with Gasteiger partial charge in [-0.25, -0.2) is 10.1 Å². The molecule has 1 aromatic heterocycles. The second-order valence-electron chi connectivity index (χ2n) is 2.94. The molecular formula is C10H9N3O. The first kappa shape index (κ1) is 8.62. The summed E-state index contributed by atoms with van der Waals surface area (Å²) in [6.07, 6.45) is 0.